The third kappa shape index (κ3) is 5.80. The summed E-state index contributed by atoms with van der Waals surface area (Å²) in [6.07, 6.45) is 7.17. The van der Waals surface area contributed by atoms with Gasteiger partial charge in [-0.05, 0) is 52.9 Å². The van der Waals surface area contributed by atoms with Crippen molar-refractivity contribution in [2.75, 3.05) is 0 Å². The summed E-state index contributed by atoms with van der Waals surface area (Å²) in [5, 5.41) is 11.0. The second-order valence-corrected chi connectivity index (χ2v) is 8.15. The van der Waals surface area contributed by atoms with Gasteiger partial charge < -0.3 is 14.6 Å². The quantitative estimate of drug-likeness (QED) is 0.425. The predicted octanol–water partition coefficient (Wildman–Crippen LogP) is 4.01. The molecule has 0 aromatic rings. The summed E-state index contributed by atoms with van der Waals surface area (Å²) in [5.41, 5.74) is 1.54. The molecule has 1 heterocycles. The van der Waals surface area contributed by atoms with Crippen LogP contribution in [0.1, 0.15) is 66.2 Å². The molecule has 0 amide bonds. The highest BCUT2D eigenvalue weighted by molar-refractivity contribution is 5.89. The van der Waals surface area contributed by atoms with Gasteiger partial charge >= 0.3 is 11.9 Å². The Kier molecular flexibility index (Phi) is 7.04. The first kappa shape index (κ1) is 21.4. The molecule has 0 spiro atoms. The number of allylic oxidation sites excluding steroid dienone is 3. The molecule has 2 aliphatic rings. The minimum atomic E-state index is -1.15. The minimum absolute atomic E-state index is 0.309. The Labute approximate surface area is 162 Å². The Bertz CT molecular complexity index is 656. The summed E-state index contributed by atoms with van der Waals surface area (Å²) in [6.45, 7) is 11.1. The van der Waals surface area contributed by atoms with E-state index < -0.39 is 23.8 Å². The van der Waals surface area contributed by atoms with Crippen molar-refractivity contribution in [3.63, 3.8) is 0 Å². The molecule has 1 N–H and O–H groups in total. The molecule has 5 nitrogen and oxygen atoms in total. The third-order valence-corrected chi connectivity index (χ3v) is 5.58. The summed E-state index contributed by atoms with van der Waals surface area (Å²) >= 11 is 0. The van der Waals surface area contributed by atoms with Gasteiger partial charge in [-0.3, -0.25) is 4.79 Å². The molecule has 2 bridgehead atoms. The van der Waals surface area contributed by atoms with Crippen LogP contribution in [0.4, 0.5) is 0 Å². The Morgan fingerprint density at radius 2 is 1.96 bits per heavy atom. The smallest absolute Gasteiger partial charge is 0.334 e. The summed E-state index contributed by atoms with van der Waals surface area (Å²) in [5.74, 6) is -1.27. The van der Waals surface area contributed by atoms with Crippen LogP contribution in [0.3, 0.4) is 0 Å². The van der Waals surface area contributed by atoms with Gasteiger partial charge in [0.25, 0.3) is 0 Å². The maximum Gasteiger partial charge on any atom is 0.334 e. The van der Waals surface area contributed by atoms with Gasteiger partial charge in [-0.2, -0.15) is 0 Å². The van der Waals surface area contributed by atoms with Crippen LogP contribution in [-0.2, 0) is 19.1 Å². The van der Waals surface area contributed by atoms with Crippen LogP contribution in [0.15, 0.2) is 35.5 Å². The zero-order valence-corrected chi connectivity index (χ0v) is 16.9. The number of hydrogen-bond acceptors (Lipinski definition) is 5. The molecular formula is C22H32O5. The van der Waals surface area contributed by atoms with E-state index in [1.807, 2.05) is 6.92 Å². The maximum atomic E-state index is 12.4. The fraction of sp³-hybridized carbons (Fsp3) is 0.636. The molecule has 0 aromatic heterocycles. The van der Waals surface area contributed by atoms with Crippen LogP contribution >= 0.6 is 0 Å². The summed E-state index contributed by atoms with van der Waals surface area (Å²) in [7, 11) is 0. The molecule has 4 atom stereocenters. The normalized spacial score (nSPS) is 37.1. The van der Waals surface area contributed by atoms with Gasteiger partial charge in [0.05, 0.1) is 5.60 Å². The molecule has 1 saturated heterocycles. The number of esters is 2. The van der Waals surface area contributed by atoms with E-state index in [0.29, 0.717) is 31.3 Å². The molecule has 150 valence electrons. The molecule has 1 aliphatic carbocycles. The van der Waals surface area contributed by atoms with Crippen LogP contribution in [0.5, 0.6) is 0 Å². The molecule has 5 heteroatoms. The summed E-state index contributed by atoms with van der Waals surface area (Å²) < 4.78 is 11.1. The molecule has 0 aromatic carbocycles. The van der Waals surface area contributed by atoms with Crippen LogP contribution in [0, 0.1) is 5.92 Å². The molecule has 0 saturated carbocycles. The van der Waals surface area contributed by atoms with Crippen molar-refractivity contribution in [2.24, 2.45) is 5.92 Å². The van der Waals surface area contributed by atoms with E-state index in [4.69, 9.17) is 9.47 Å². The number of rotatable bonds is 1. The average molecular weight is 376 g/mol. The molecule has 27 heavy (non-hydrogen) atoms. The van der Waals surface area contributed by atoms with E-state index >= 15 is 0 Å². The summed E-state index contributed by atoms with van der Waals surface area (Å²) in [6, 6.07) is 0. The first-order valence-corrected chi connectivity index (χ1v) is 9.70. The Morgan fingerprint density at radius 1 is 1.30 bits per heavy atom. The third-order valence-electron chi connectivity index (χ3n) is 5.58. The van der Waals surface area contributed by atoms with Gasteiger partial charge in [-0.25, -0.2) is 4.79 Å². The SMILES string of the molecule is C=C1C(=O)OC2CC1C(OC(C)=O)C/C(C)=C/CC/C(C)=C\CCC2(C)O. The van der Waals surface area contributed by atoms with Gasteiger partial charge in [-0.15, -0.1) is 0 Å². The molecule has 0 radical (unpaired) electrons. The zero-order chi connectivity index (χ0) is 20.2. The monoisotopic (exact) mass is 376 g/mol. The first-order chi connectivity index (χ1) is 12.6. The van der Waals surface area contributed by atoms with E-state index in [1.54, 1.807) is 6.92 Å². The van der Waals surface area contributed by atoms with Crippen molar-refractivity contribution in [3.05, 3.63) is 35.5 Å². The van der Waals surface area contributed by atoms with E-state index in [9.17, 15) is 14.7 Å². The lowest BCUT2D eigenvalue weighted by Gasteiger charge is -2.40. The highest BCUT2D eigenvalue weighted by atomic mass is 16.6. The van der Waals surface area contributed by atoms with Crippen LogP contribution in [0.2, 0.25) is 0 Å². The van der Waals surface area contributed by atoms with E-state index in [0.717, 1.165) is 18.4 Å². The second-order valence-electron chi connectivity index (χ2n) is 8.15. The molecule has 1 aliphatic heterocycles. The van der Waals surface area contributed by atoms with Crippen molar-refractivity contribution >= 4 is 11.9 Å². The summed E-state index contributed by atoms with van der Waals surface area (Å²) in [4.78, 5) is 24.1. The fourth-order valence-corrected chi connectivity index (χ4v) is 3.83. The van der Waals surface area contributed by atoms with Crippen molar-refractivity contribution in [3.8, 4) is 0 Å². The lowest BCUT2D eigenvalue weighted by molar-refractivity contribution is -0.174. The Hall–Kier alpha value is -1.88. The molecule has 4 unspecified atom stereocenters. The topological polar surface area (TPSA) is 72.8 Å². The Morgan fingerprint density at radius 3 is 2.63 bits per heavy atom. The van der Waals surface area contributed by atoms with E-state index in [1.165, 1.54) is 12.5 Å². The lowest BCUT2D eigenvalue weighted by atomic mass is 9.78. The van der Waals surface area contributed by atoms with Crippen molar-refractivity contribution in [1.29, 1.82) is 0 Å². The fourth-order valence-electron chi connectivity index (χ4n) is 3.83. The van der Waals surface area contributed by atoms with E-state index in [-0.39, 0.29) is 11.9 Å². The largest absolute Gasteiger partial charge is 0.462 e. The van der Waals surface area contributed by atoms with Gasteiger partial charge in [0.15, 0.2) is 0 Å². The van der Waals surface area contributed by atoms with Crippen molar-refractivity contribution in [1.82, 2.24) is 0 Å². The number of carbonyl (C=O) groups is 2. The van der Waals surface area contributed by atoms with Gasteiger partial charge in [0, 0.05) is 24.8 Å². The number of carbonyl (C=O) groups excluding carboxylic acids is 2. The standard InChI is InChI=1S/C22H32O5/c1-14-8-6-9-15(2)12-19(26-17(4)23)18-13-20(27-21(24)16(18)3)22(5,25)11-7-10-14/h9-10,18-20,25H,3,6-8,11-13H2,1-2,4-5H3/b14-10-,15-9+. The second kappa shape index (κ2) is 8.87. The maximum absolute atomic E-state index is 12.4. The number of fused-ring (bicyclic) bond motifs is 2. The zero-order valence-electron chi connectivity index (χ0n) is 16.9. The average Bonchev–Trinajstić information content (AvgIpc) is 2.55. The van der Waals surface area contributed by atoms with Crippen LogP contribution < -0.4 is 0 Å². The predicted molar refractivity (Wildman–Crippen MR) is 104 cm³/mol. The van der Waals surface area contributed by atoms with Crippen molar-refractivity contribution in [2.45, 2.75) is 84.0 Å². The van der Waals surface area contributed by atoms with Gasteiger partial charge in [-0.1, -0.05) is 29.9 Å². The molecule has 2 rings (SSSR count). The first-order valence-electron chi connectivity index (χ1n) is 9.70. The van der Waals surface area contributed by atoms with Crippen LogP contribution in [-0.4, -0.2) is 34.9 Å². The number of aliphatic hydroxyl groups is 1. The molecule has 1 fully saturated rings. The van der Waals surface area contributed by atoms with E-state index in [2.05, 4.69) is 25.7 Å². The number of hydrogen-bond donors (Lipinski definition) is 1. The minimum Gasteiger partial charge on any atom is -0.462 e. The van der Waals surface area contributed by atoms with Crippen molar-refractivity contribution < 1.29 is 24.2 Å². The molecular weight excluding hydrogens is 344 g/mol. The van der Waals surface area contributed by atoms with Crippen LogP contribution in [0.25, 0.3) is 0 Å². The Balaban J connectivity index is 2.38. The lowest BCUT2D eigenvalue weighted by Crippen LogP contribution is -2.49. The highest BCUT2D eigenvalue weighted by Gasteiger charge is 2.45. The van der Waals surface area contributed by atoms with Gasteiger partial charge in [0.1, 0.15) is 12.2 Å². The number of ether oxygens (including phenoxy) is 2. The highest BCUT2D eigenvalue weighted by Crippen LogP contribution is 2.37. The van der Waals surface area contributed by atoms with Gasteiger partial charge in [0.2, 0.25) is 0 Å².